The van der Waals surface area contributed by atoms with Crippen LogP contribution in [0, 0.1) is 5.92 Å². The minimum absolute atomic E-state index is 0.0983. The zero-order valence-corrected chi connectivity index (χ0v) is 22.8. The van der Waals surface area contributed by atoms with Gasteiger partial charge in [0.25, 0.3) is 5.91 Å². The average Bonchev–Trinajstić information content (AvgIpc) is 2.90. The van der Waals surface area contributed by atoms with E-state index < -0.39 is 6.04 Å². The van der Waals surface area contributed by atoms with Gasteiger partial charge in [-0.25, -0.2) is 0 Å². The van der Waals surface area contributed by atoms with Crippen LogP contribution in [0.25, 0.3) is 0 Å². The van der Waals surface area contributed by atoms with Crippen molar-refractivity contribution in [3.8, 4) is 11.5 Å². The monoisotopic (exact) mass is 524 g/mol. The molecule has 0 aliphatic carbocycles. The summed E-state index contributed by atoms with van der Waals surface area (Å²) in [6.07, 6.45) is 2.37. The molecule has 0 saturated carbocycles. The quantitative estimate of drug-likeness (QED) is 0.460. The average molecular weight is 525 g/mol. The van der Waals surface area contributed by atoms with Crippen molar-refractivity contribution < 1.29 is 23.9 Å². The van der Waals surface area contributed by atoms with Crippen molar-refractivity contribution in [1.82, 2.24) is 21.3 Å². The van der Waals surface area contributed by atoms with E-state index in [2.05, 4.69) is 35.1 Å². The van der Waals surface area contributed by atoms with E-state index in [4.69, 9.17) is 9.47 Å². The number of fused-ring (bicyclic) bond motifs is 2. The van der Waals surface area contributed by atoms with Crippen molar-refractivity contribution in [2.45, 2.75) is 51.6 Å². The molecule has 1 aliphatic heterocycles. The third-order valence-corrected chi connectivity index (χ3v) is 6.49. The lowest BCUT2D eigenvalue weighted by Crippen LogP contribution is -2.53. The van der Waals surface area contributed by atoms with Crippen molar-refractivity contribution in [1.29, 1.82) is 0 Å². The lowest BCUT2D eigenvalue weighted by molar-refractivity contribution is -0.123. The van der Waals surface area contributed by atoms with Gasteiger partial charge in [-0.15, -0.1) is 0 Å². The van der Waals surface area contributed by atoms with E-state index in [-0.39, 0.29) is 30.3 Å². The van der Waals surface area contributed by atoms with Crippen LogP contribution < -0.4 is 30.7 Å². The van der Waals surface area contributed by atoms with E-state index in [9.17, 15) is 14.4 Å². The molecule has 1 aliphatic rings. The molecule has 3 rings (SSSR count). The first-order valence-electron chi connectivity index (χ1n) is 13.2. The highest BCUT2D eigenvalue weighted by atomic mass is 16.5. The number of carbonyl (C=O) groups is 3. The summed E-state index contributed by atoms with van der Waals surface area (Å²) in [6.45, 7) is 5.28. The van der Waals surface area contributed by atoms with Crippen LogP contribution in [0.4, 0.5) is 0 Å². The molecule has 4 N–H and O–H groups in total. The Morgan fingerprint density at radius 1 is 0.974 bits per heavy atom. The summed E-state index contributed by atoms with van der Waals surface area (Å²) in [5, 5.41) is 12.1. The van der Waals surface area contributed by atoms with Crippen LogP contribution >= 0.6 is 0 Å². The molecule has 2 aromatic carbocycles. The Balaban J connectivity index is 1.90. The van der Waals surface area contributed by atoms with Crippen LogP contribution in [0.2, 0.25) is 0 Å². The maximum atomic E-state index is 13.5. The molecule has 206 valence electrons. The molecule has 2 aromatic rings. The molecule has 0 unspecified atom stereocenters. The van der Waals surface area contributed by atoms with Crippen molar-refractivity contribution in [3.63, 3.8) is 0 Å². The van der Waals surface area contributed by atoms with Crippen LogP contribution in [0.3, 0.4) is 0 Å². The summed E-state index contributed by atoms with van der Waals surface area (Å²) in [5.74, 6) is 1.02. The number of ether oxygens (including phenoxy) is 2. The van der Waals surface area contributed by atoms with Gasteiger partial charge in [-0.05, 0) is 66.6 Å². The molecule has 0 spiro atoms. The molecule has 38 heavy (non-hydrogen) atoms. The fraction of sp³-hybridized carbons (Fsp3) is 0.483. The van der Waals surface area contributed by atoms with Crippen LogP contribution in [-0.2, 0) is 22.4 Å². The Kier molecular flexibility index (Phi) is 11.0. The second-order valence-electron chi connectivity index (χ2n) is 10.0. The number of aryl methyl sites for hydroxylation is 1. The number of nitrogens with one attached hydrogen (secondary N) is 4. The lowest BCUT2D eigenvalue weighted by atomic mass is 10.0. The van der Waals surface area contributed by atoms with Gasteiger partial charge in [0.05, 0.1) is 20.8 Å². The van der Waals surface area contributed by atoms with Gasteiger partial charge in [0.2, 0.25) is 11.8 Å². The van der Waals surface area contributed by atoms with E-state index in [1.165, 1.54) is 0 Å². The molecule has 0 fully saturated rings. The van der Waals surface area contributed by atoms with Gasteiger partial charge in [0.15, 0.2) is 0 Å². The minimum atomic E-state index is -0.796. The first-order valence-corrected chi connectivity index (χ1v) is 13.2. The normalized spacial score (nSPS) is 19.7. The molecule has 0 saturated heterocycles. The van der Waals surface area contributed by atoms with Gasteiger partial charge < -0.3 is 30.7 Å². The summed E-state index contributed by atoms with van der Waals surface area (Å²) < 4.78 is 10.7. The third-order valence-electron chi connectivity index (χ3n) is 6.49. The van der Waals surface area contributed by atoms with Gasteiger partial charge in [-0.3, -0.25) is 14.4 Å². The Labute approximate surface area is 225 Å². The maximum Gasteiger partial charge on any atom is 0.251 e. The van der Waals surface area contributed by atoms with Gasteiger partial charge in [-0.1, -0.05) is 26.0 Å². The molecule has 1 heterocycles. The second-order valence-corrected chi connectivity index (χ2v) is 10.0. The summed E-state index contributed by atoms with van der Waals surface area (Å²) in [4.78, 5) is 39.2. The first-order chi connectivity index (χ1) is 18.3. The van der Waals surface area contributed by atoms with E-state index in [0.29, 0.717) is 55.3 Å². The van der Waals surface area contributed by atoms with Gasteiger partial charge in [0, 0.05) is 31.1 Å². The number of benzene rings is 2. The molecule has 3 amide bonds. The van der Waals surface area contributed by atoms with Crippen LogP contribution in [0.1, 0.15) is 48.2 Å². The maximum absolute atomic E-state index is 13.5. The standard InChI is InChI=1S/C29H40N4O5/c1-19(2)14-23-17-30-18-27(34)31-13-5-6-21-16-22(9-12-26(21)38-4)28(35)33-25(29(36)32-23)15-20-7-10-24(37-3)11-8-20/h7-12,16,19,23,25,30H,5-6,13-15,17-18H2,1-4H3,(H,31,34)(H,32,36)(H,33,35)/t23-,25-/m0/s1. The smallest absolute Gasteiger partial charge is 0.251 e. The highest BCUT2D eigenvalue weighted by Gasteiger charge is 2.25. The largest absolute Gasteiger partial charge is 0.497 e. The molecule has 9 heteroatoms. The van der Waals surface area contributed by atoms with E-state index >= 15 is 0 Å². The Hall–Kier alpha value is -3.59. The summed E-state index contributed by atoms with van der Waals surface area (Å²) in [5.41, 5.74) is 2.20. The van der Waals surface area contributed by atoms with Crippen molar-refractivity contribution in [2.75, 3.05) is 33.9 Å². The number of amides is 3. The Morgan fingerprint density at radius 2 is 1.74 bits per heavy atom. The minimum Gasteiger partial charge on any atom is -0.497 e. The lowest BCUT2D eigenvalue weighted by Gasteiger charge is -2.25. The van der Waals surface area contributed by atoms with Crippen LogP contribution in [-0.4, -0.2) is 63.7 Å². The van der Waals surface area contributed by atoms with Crippen LogP contribution in [0.5, 0.6) is 11.5 Å². The number of hydrogen-bond donors (Lipinski definition) is 4. The summed E-state index contributed by atoms with van der Waals surface area (Å²) in [6, 6.07) is 11.7. The fourth-order valence-corrected chi connectivity index (χ4v) is 4.56. The second kappa shape index (κ2) is 14.4. The molecular weight excluding hydrogens is 484 g/mol. The first kappa shape index (κ1) is 29.0. The Morgan fingerprint density at radius 3 is 2.42 bits per heavy atom. The number of hydrogen-bond acceptors (Lipinski definition) is 6. The topological polar surface area (TPSA) is 118 Å². The molecular formula is C29H40N4O5. The summed E-state index contributed by atoms with van der Waals surface area (Å²) >= 11 is 0. The fourth-order valence-electron chi connectivity index (χ4n) is 4.56. The molecule has 9 nitrogen and oxygen atoms in total. The zero-order chi connectivity index (χ0) is 27.5. The van der Waals surface area contributed by atoms with E-state index in [0.717, 1.165) is 17.5 Å². The van der Waals surface area contributed by atoms with Gasteiger partial charge in [0.1, 0.15) is 17.5 Å². The number of carbonyl (C=O) groups excluding carboxylic acids is 3. The van der Waals surface area contributed by atoms with Gasteiger partial charge >= 0.3 is 0 Å². The van der Waals surface area contributed by atoms with Crippen molar-refractivity contribution in [2.24, 2.45) is 5.92 Å². The summed E-state index contributed by atoms with van der Waals surface area (Å²) in [7, 11) is 3.19. The zero-order valence-electron chi connectivity index (χ0n) is 22.8. The predicted molar refractivity (Wildman–Crippen MR) is 147 cm³/mol. The Bertz CT molecular complexity index is 1090. The van der Waals surface area contributed by atoms with Crippen molar-refractivity contribution >= 4 is 17.7 Å². The highest BCUT2D eigenvalue weighted by Crippen LogP contribution is 2.22. The number of methoxy groups -OCH3 is 2. The predicted octanol–water partition coefficient (Wildman–Crippen LogP) is 2.23. The molecule has 0 aromatic heterocycles. The van der Waals surface area contributed by atoms with E-state index in [1.807, 2.05) is 24.3 Å². The number of rotatable bonds is 6. The van der Waals surface area contributed by atoms with Crippen molar-refractivity contribution in [3.05, 3.63) is 59.2 Å². The van der Waals surface area contributed by atoms with Gasteiger partial charge in [-0.2, -0.15) is 0 Å². The van der Waals surface area contributed by atoms with Crippen LogP contribution in [0.15, 0.2) is 42.5 Å². The SMILES string of the molecule is COc1ccc(C[C@@H]2NC(=O)c3ccc(OC)c(c3)CCCNC(=O)CNC[C@H](CC(C)C)NC2=O)cc1. The van der Waals surface area contributed by atoms with E-state index in [1.54, 1.807) is 32.4 Å². The molecule has 0 radical (unpaired) electrons. The molecule has 2 atom stereocenters. The third kappa shape index (κ3) is 8.76. The molecule has 2 bridgehead atoms. The highest BCUT2D eigenvalue weighted by molar-refractivity contribution is 5.98.